The first-order chi connectivity index (χ1) is 28.5. The van der Waals surface area contributed by atoms with Gasteiger partial charge >= 0.3 is 11.9 Å². The van der Waals surface area contributed by atoms with Crippen LogP contribution in [-0.2, 0) is 31.9 Å². The molecule has 0 aliphatic heterocycles. The zero-order valence-corrected chi connectivity index (χ0v) is 43.7. The average molecular weight is 1280 g/mol. The van der Waals surface area contributed by atoms with E-state index in [1.165, 1.54) is 59.6 Å². The number of benzene rings is 6. The maximum Gasteiger partial charge on any atom is 0.330 e. The summed E-state index contributed by atoms with van der Waals surface area (Å²) < 4.78 is 9.97. The van der Waals surface area contributed by atoms with Crippen molar-refractivity contribution in [1.82, 2.24) is 0 Å². The van der Waals surface area contributed by atoms with Crippen LogP contribution in [0.3, 0.4) is 0 Å². The van der Waals surface area contributed by atoms with Crippen molar-refractivity contribution in [3.8, 4) is 11.1 Å². The fourth-order valence-electron chi connectivity index (χ4n) is 5.13. The van der Waals surface area contributed by atoms with Crippen molar-refractivity contribution in [3.63, 3.8) is 0 Å². The van der Waals surface area contributed by atoms with Crippen molar-refractivity contribution < 1.29 is 81.3 Å². The summed E-state index contributed by atoms with van der Waals surface area (Å²) in [6.45, 7) is 4.88. The monoisotopic (exact) mass is 1280 g/mol. The Kier molecular flexibility index (Phi) is 40.9. The number of carbonyl (C=O) groups excluding carboxylic acids is 2. The van der Waals surface area contributed by atoms with Gasteiger partial charge < -0.3 is 20.9 Å². The molecule has 0 atom stereocenters. The predicted octanol–water partition coefficient (Wildman–Crippen LogP) is 11.9. The fourth-order valence-corrected chi connectivity index (χ4v) is 5.13. The number of carbonyl (C=O) groups is 2. The van der Waals surface area contributed by atoms with E-state index in [0.29, 0.717) is 13.2 Å². The summed E-state index contributed by atoms with van der Waals surface area (Å²) in [5.41, 5.74) is 18.6. The summed E-state index contributed by atoms with van der Waals surface area (Å²) in [7, 11) is 3.00. The average Bonchev–Trinajstić information content (AvgIpc) is 3.30. The number of nitrogens with two attached hydrogens (primary N) is 2. The molecule has 6 aromatic rings. The van der Waals surface area contributed by atoms with Gasteiger partial charge in [-0.1, -0.05) is 138 Å². The van der Waals surface area contributed by atoms with Crippen LogP contribution in [0.25, 0.3) is 23.3 Å². The molecule has 0 aliphatic rings. The molecule has 6 aromatic carbocycles. The molecular formula is C54H66N2O4U2-2. The van der Waals surface area contributed by atoms with Gasteiger partial charge in [0.1, 0.15) is 0 Å². The molecule has 0 spiro atoms. The summed E-state index contributed by atoms with van der Waals surface area (Å²) in [4.78, 5) is 22.7. The van der Waals surface area contributed by atoms with Gasteiger partial charge in [-0.15, -0.1) is 0 Å². The van der Waals surface area contributed by atoms with Gasteiger partial charge in [0.25, 0.3) is 0 Å². The molecule has 6 nitrogen and oxygen atoms in total. The Morgan fingerprint density at radius 3 is 1.05 bits per heavy atom. The molecule has 0 radical (unpaired) electrons. The van der Waals surface area contributed by atoms with E-state index in [1.807, 2.05) is 74.5 Å². The zero-order chi connectivity index (χ0) is 42.1. The van der Waals surface area contributed by atoms with Crippen LogP contribution in [0, 0.1) is 74.4 Å². The summed E-state index contributed by atoms with van der Waals surface area (Å²) in [6.07, 6.45) is 9.97. The van der Waals surface area contributed by atoms with Gasteiger partial charge in [-0.3, -0.25) is 0 Å². The van der Waals surface area contributed by atoms with Crippen LogP contribution < -0.4 is 11.5 Å². The van der Waals surface area contributed by atoms with Gasteiger partial charge in [-0.2, -0.15) is 71.8 Å². The molecule has 326 valence electrons. The number of hydrogen-bond acceptors (Lipinski definition) is 6. The van der Waals surface area contributed by atoms with Gasteiger partial charge in [0.15, 0.2) is 0 Å². The SMILES string of the molecule is C.C.CCCOC(=O)/C=C/c1ccc(Cc2cc[c-]cc2)cc1.CCCOC(=O)/C=C/c1ccc(Cc2cc[c-]cc2)cc1.CN.CN.[U].[U].c1ccc(-c2ccccc2)cc1. The van der Waals surface area contributed by atoms with Gasteiger partial charge in [0, 0.05) is 74.4 Å². The standard InChI is InChI=1S/2C19H19O2.C12H10.2CH5N.2CH4.2U/c2*1-2-14-21-19(20)13-12-16-8-10-18(11-9-16)15-17-6-4-3-5-7-17;1-3-7-11(8-4-1)12-9-5-2-6-10-12;2*1-2;;;;/h2*4-13H,2,14-15H2,1H3;1-10H;2*2H2,1H3;2*1H4;;/q2*-1;;;;;;;/b2*13-12+;;;;;;;. The van der Waals surface area contributed by atoms with E-state index in [9.17, 15) is 9.59 Å². The molecule has 4 N–H and O–H groups in total. The third-order valence-electron chi connectivity index (χ3n) is 7.95. The molecule has 0 unspecified atom stereocenters. The number of hydrogen-bond donors (Lipinski definition) is 2. The van der Waals surface area contributed by atoms with E-state index in [2.05, 4.69) is 121 Å². The molecule has 0 saturated heterocycles. The van der Waals surface area contributed by atoms with Gasteiger partial charge in [-0.05, 0) is 85.3 Å². The van der Waals surface area contributed by atoms with Crippen LogP contribution in [-0.4, -0.2) is 39.2 Å². The van der Waals surface area contributed by atoms with Crippen molar-refractivity contribution in [2.24, 2.45) is 11.5 Å². The zero-order valence-electron chi connectivity index (χ0n) is 35.4. The van der Waals surface area contributed by atoms with Crippen LogP contribution in [0.1, 0.15) is 74.9 Å². The molecule has 62 heavy (non-hydrogen) atoms. The second-order valence-electron chi connectivity index (χ2n) is 12.4. The largest absolute Gasteiger partial charge is 0.463 e. The Morgan fingerprint density at radius 1 is 0.468 bits per heavy atom. The molecule has 0 aliphatic carbocycles. The molecular weight excluding hydrogens is 1220 g/mol. The van der Waals surface area contributed by atoms with Crippen molar-refractivity contribution >= 4 is 24.1 Å². The molecule has 0 aromatic heterocycles. The van der Waals surface area contributed by atoms with Crippen LogP contribution in [0.15, 0.2) is 170 Å². The Hall–Kier alpha value is -4.24. The molecule has 8 heteroatoms. The quantitative estimate of drug-likeness (QED) is 0.0678. The minimum atomic E-state index is -0.290. The summed E-state index contributed by atoms with van der Waals surface area (Å²) >= 11 is 0. The summed E-state index contributed by atoms with van der Waals surface area (Å²) in [5.74, 6) is -0.581. The smallest absolute Gasteiger partial charge is 0.330 e. The van der Waals surface area contributed by atoms with Gasteiger partial charge in [0.05, 0.1) is 13.2 Å². The maximum atomic E-state index is 11.4. The minimum absolute atomic E-state index is 0. The van der Waals surface area contributed by atoms with Crippen molar-refractivity contribution in [2.45, 2.75) is 54.4 Å². The van der Waals surface area contributed by atoms with Crippen molar-refractivity contribution in [2.75, 3.05) is 27.3 Å². The van der Waals surface area contributed by atoms with Crippen molar-refractivity contribution in [3.05, 3.63) is 215 Å². The Balaban J connectivity index is -0.000000806. The molecule has 0 heterocycles. The number of esters is 2. The van der Waals surface area contributed by atoms with Gasteiger partial charge in [-0.25, -0.2) is 9.59 Å². The Bertz CT molecular complexity index is 1840. The fraction of sp³-hybridized carbons (Fsp3) is 0.222. The first kappa shape index (κ1) is 62.1. The maximum absolute atomic E-state index is 11.4. The van der Waals surface area contributed by atoms with E-state index in [-0.39, 0.29) is 89.0 Å². The van der Waals surface area contributed by atoms with Crippen molar-refractivity contribution in [1.29, 1.82) is 0 Å². The topological polar surface area (TPSA) is 105 Å². The van der Waals surface area contributed by atoms with Gasteiger partial charge in [0.2, 0.25) is 0 Å². The molecule has 0 bridgehead atoms. The summed E-state index contributed by atoms with van der Waals surface area (Å²) in [6, 6.07) is 59.1. The third kappa shape index (κ3) is 27.7. The Labute approximate surface area is 421 Å². The molecule has 6 rings (SSSR count). The minimum Gasteiger partial charge on any atom is -0.463 e. The predicted molar refractivity (Wildman–Crippen MR) is 255 cm³/mol. The number of ether oxygens (including phenoxy) is 2. The molecule has 0 amide bonds. The second kappa shape index (κ2) is 40.8. The Morgan fingerprint density at radius 2 is 0.758 bits per heavy atom. The van der Waals surface area contributed by atoms with E-state index < -0.39 is 0 Å². The number of rotatable bonds is 13. The molecule has 0 saturated carbocycles. The third-order valence-corrected chi connectivity index (χ3v) is 7.95. The van der Waals surface area contributed by atoms with Crippen LogP contribution in [0.4, 0.5) is 0 Å². The van der Waals surface area contributed by atoms with E-state index in [4.69, 9.17) is 9.47 Å². The first-order valence-corrected chi connectivity index (χ1v) is 19.6. The second-order valence-corrected chi connectivity index (χ2v) is 12.4. The van der Waals surface area contributed by atoms with E-state index >= 15 is 0 Å². The van der Waals surface area contributed by atoms with E-state index in [0.717, 1.165) is 36.8 Å². The normalized spacial score (nSPS) is 9.32. The summed E-state index contributed by atoms with van der Waals surface area (Å²) in [5, 5.41) is 0. The van der Waals surface area contributed by atoms with Crippen LogP contribution >= 0.6 is 0 Å². The molecule has 0 fully saturated rings. The van der Waals surface area contributed by atoms with E-state index in [1.54, 1.807) is 12.2 Å². The van der Waals surface area contributed by atoms with Crippen LogP contribution in [0.2, 0.25) is 0 Å². The van der Waals surface area contributed by atoms with Crippen LogP contribution in [0.5, 0.6) is 0 Å². The first-order valence-electron chi connectivity index (χ1n) is 19.6.